The lowest BCUT2D eigenvalue weighted by Crippen LogP contribution is -2.46. The second-order valence-corrected chi connectivity index (χ2v) is 11.3. The second-order valence-electron chi connectivity index (χ2n) is 9.12. The van der Waals surface area contributed by atoms with E-state index in [0.29, 0.717) is 36.4 Å². The van der Waals surface area contributed by atoms with Crippen LogP contribution in [0.15, 0.2) is 53.2 Å². The molecule has 39 heavy (non-hydrogen) atoms. The molecule has 10 nitrogen and oxygen atoms in total. The van der Waals surface area contributed by atoms with Gasteiger partial charge in [0, 0.05) is 37.5 Å². The Hall–Kier alpha value is -3.94. The molecule has 0 spiro atoms. The molecular formula is C25H25F3N6O4S. The van der Waals surface area contributed by atoms with Gasteiger partial charge in [0.25, 0.3) is 5.89 Å². The number of hydrogen-bond donors (Lipinski definition) is 0. The number of carbonyl (C=O) groups excluding carboxylic acids is 1. The Morgan fingerprint density at radius 2 is 1.95 bits per heavy atom. The summed E-state index contributed by atoms with van der Waals surface area (Å²) in [6.45, 7) is 2.24. The number of carbonyl (C=O) groups is 1. The molecule has 0 aliphatic carbocycles. The number of halogens is 3. The number of aromatic nitrogens is 4. The van der Waals surface area contributed by atoms with Crippen LogP contribution in [0.4, 0.5) is 18.9 Å². The zero-order valence-electron chi connectivity index (χ0n) is 20.9. The largest absolute Gasteiger partial charge is 0.415 e. The predicted molar refractivity (Wildman–Crippen MR) is 135 cm³/mol. The number of anilines is 1. The first kappa shape index (κ1) is 26.7. The molecule has 0 unspecified atom stereocenters. The normalized spacial score (nSPS) is 14.8. The molecule has 3 aromatic heterocycles. The molecule has 0 radical (unpaired) electrons. The van der Waals surface area contributed by atoms with E-state index in [1.165, 1.54) is 18.2 Å². The van der Waals surface area contributed by atoms with E-state index in [9.17, 15) is 26.4 Å². The van der Waals surface area contributed by atoms with Crippen molar-refractivity contribution < 1.29 is 30.8 Å². The van der Waals surface area contributed by atoms with Crippen molar-refractivity contribution in [3.8, 4) is 11.5 Å². The highest BCUT2D eigenvalue weighted by molar-refractivity contribution is 7.93. The van der Waals surface area contributed by atoms with E-state index >= 15 is 0 Å². The van der Waals surface area contributed by atoms with Crippen molar-refractivity contribution in [2.45, 2.75) is 44.4 Å². The van der Waals surface area contributed by atoms with Gasteiger partial charge in [-0.2, -0.15) is 8.78 Å². The van der Waals surface area contributed by atoms with E-state index in [-0.39, 0.29) is 36.9 Å². The van der Waals surface area contributed by atoms with Gasteiger partial charge in [0.2, 0.25) is 21.8 Å². The molecule has 0 atom stereocenters. The molecule has 1 fully saturated rings. The molecule has 14 heteroatoms. The highest BCUT2D eigenvalue weighted by Crippen LogP contribution is 2.29. The van der Waals surface area contributed by atoms with Crippen LogP contribution in [-0.4, -0.2) is 57.1 Å². The molecule has 1 amide bonds. The fourth-order valence-electron chi connectivity index (χ4n) is 4.60. The lowest BCUT2D eigenvalue weighted by atomic mass is 10.1. The zero-order valence-corrected chi connectivity index (χ0v) is 21.7. The van der Waals surface area contributed by atoms with Gasteiger partial charge in [0.1, 0.15) is 11.5 Å². The second kappa shape index (κ2) is 10.7. The smallest absolute Gasteiger partial charge is 0.314 e. The first-order valence-electron chi connectivity index (χ1n) is 12.3. The number of alkyl halides is 2. The van der Waals surface area contributed by atoms with Crippen molar-refractivity contribution in [1.82, 2.24) is 24.5 Å². The fourth-order valence-corrected chi connectivity index (χ4v) is 6.48. The van der Waals surface area contributed by atoms with Crippen LogP contribution in [0.1, 0.15) is 44.2 Å². The Balaban J connectivity index is 1.44. The number of sulfonamides is 1. The van der Waals surface area contributed by atoms with Crippen LogP contribution >= 0.6 is 0 Å². The van der Waals surface area contributed by atoms with Gasteiger partial charge in [0.15, 0.2) is 0 Å². The highest BCUT2D eigenvalue weighted by Gasteiger charge is 2.36. The minimum Gasteiger partial charge on any atom is -0.415 e. The zero-order chi connectivity index (χ0) is 27.7. The summed E-state index contributed by atoms with van der Waals surface area (Å²) in [6, 6.07) is 8.45. The summed E-state index contributed by atoms with van der Waals surface area (Å²) in [6.07, 6.45) is 1.21. The van der Waals surface area contributed by atoms with Crippen molar-refractivity contribution in [2.24, 2.45) is 0 Å². The van der Waals surface area contributed by atoms with Crippen molar-refractivity contribution >= 4 is 27.3 Å². The average Bonchev–Trinajstić information content (AvgIpc) is 3.58. The van der Waals surface area contributed by atoms with E-state index in [0.717, 1.165) is 10.4 Å². The summed E-state index contributed by atoms with van der Waals surface area (Å²) in [5.74, 6) is -1.51. The molecule has 4 heterocycles. The Morgan fingerprint density at radius 1 is 1.18 bits per heavy atom. The van der Waals surface area contributed by atoms with Crippen LogP contribution < -0.4 is 4.31 Å². The van der Waals surface area contributed by atoms with Crippen molar-refractivity contribution in [1.29, 1.82) is 0 Å². The molecule has 206 valence electrons. The summed E-state index contributed by atoms with van der Waals surface area (Å²) in [4.78, 5) is 18.2. The van der Waals surface area contributed by atoms with Gasteiger partial charge in [-0.3, -0.25) is 9.10 Å². The molecule has 1 aliphatic heterocycles. The Morgan fingerprint density at radius 3 is 2.62 bits per heavy atom. The number of rotatable bonds is 8. The first-order chi connectivity index (χ1) is 18.7. The first-order valence-corrected chi connectivity index (χ1v) is 13.8. The van der Waals surface area contributed by atoms with Gasteiger partial charge in [-0.05, 0) is 43.2 Å². The van der Waals surface area contributed by atoms with Gasteiger partial charge in [-0.1, -0.05) is 13.0 Å². The number of benzene rings is 1. The number of imidazole rings is 1. The third-order valence-electron chi connectivity index (χ3n) is 6.61. The third-order valence-corrected chi connectivity index (χ3v) is 8.88. The quantitative estimate of drug-likeness (QED) is 0.316. The summed E-state index contributed by atoms with van der Waals surface area (Å²) < 4.78 is 75.3. The maximum Gasteiger partial charge on any atom is 0.314 e. The number of hydrogen-bond acceptors (Lipinski definition) is 7. The van der Waals surface area contributed by atoms with Crippen molar-refractivity contribution in [2.75, 3.05) is 17.4 Å². The van der Waals surface area contributed by atoms with E-state index in [1.807, 2.05) is 0 Å². The monoisotopic (exact) mass is 562 g/mol. The standard InChI is InChI=1S/C25H25F3N6O4S/c1-2-22(35)32-10-7-20(8-11-32)39(36,37)34(19-5-3-4-17(26)13-19)15-18-14-33-9-6-16(12-21(33)29-18)24-30-31-25(38-24)23(27)28/h3-6,9,12-14,20,23H,2,7-8,10-11,15H2,1H3. The molecule has 1 saturated heterocycles. The minimum atomic E-state index is -3.97. The van der Waals surface area contributed by atoms with Crippen molar-refractivity contribution in [3.05, 3.63) is 66.2 Å². The third kappa shape index (κ3) is 5.46. The van der Waals surface area contributed by atoms with Gasteiger partial charge >= 0.3 is 6.43 Å². The lowest BCUT2D eigenvalue weighted by Gasteiger charge is -2.35. The Bertz CT molecular complexity index is 1600. The predicted octanol–water partition coefficient (Wildman–Crippen LogP) is 4.20. The van der Waals surface area contributed by atoms with Crippen LogP contribution in [0.2, 0.25) is 0 Å². The van der Waals surface area contributed by atoms with Crippen molar-refractivity contribution in [3.63, 3.8) is 0 Å². The SMILES string of the molecule is CCC(=O)N1CCC(S(=O)(=O)N(Cc2cn3ccc(-c4nnc(C(F)F)o4)cc3n2)c2cccc(F)c2)CC1. The minimum absolute atomic E-state index is 0.0251. The molecule has 1 aliphatic rings. The van der Waals surface area contributed by atoms with Gasteiger partial charge in [-0.15, -0.1) is 10.2 Å². The summed E-state index contributed by atoms with van der Waals surface area (Å²) in [5, 5.41) is 6.21. The number of piperidine rings is 1. The van der Waals surface area contributed by atoms with Gasteiger partial charge in [-0.25, -0.2) is 17.8 Å². The van der Waals surface area contributed by atoms with Gasteiger partial charge in [0.05, 0.1) is 23.2 Å². The molecule has 4 aromatic rings. The molecular weight excluding hydrogens is 537 g/mol. The fraction of sp³-hybridized carbons (Fsp3) is 0.360. The summed E-state index contributed by atoms with van der Waals surface area (Å²) in [7, 11) is -3.97. The van der Waals surface area contributed by atoms with E-state index in [2.05, 4.69) is 15.2 Å². The highest BCUT2D eigenvalue weighted by atomic mass is 32.2. The lowest BCUT2D eigenvalue weighted by molar-refractivity contribution is -0.131. The summed E-state index contributed by atoms with van der Waals surface area (Å²) in [5.41, 5.74) is 1.28. The Labute approximate surface area is 222 Å². The van der Waals surface area contributed by atoms with Crippen LogP contribution in [0, 0.1) is 5.82 Å². The maximum atomic E-state index is 14.1. The summed E-state index contributed by atoms with van der Waals surface area (Å²) >= 11 is 0. The molecule has 0 saturated carbocycles. The number of fused-ring (bicyclic) bond motifs is 1. The number of nitrogens with zero attached hydrogens (tertiary/aromatic N) is 6. The van der Waals surface area contributed by atoms with Crippen LogP contribution in [0.3, 0.4) is 0 Å². The number of amides is 1. The average molecular weight is 563 g/mol. The molecule has 0 N–H and O–H groups in total. The molecule has 5 rings (SSSR count). The maximum absolute atomic E-state index is 14.1. The molecule has 1 aromatic carbocycles. The Kier molecular flexibility index (Phi) is 7.30. The van der Waals surface area contributed by atoms with E-state index in [1.54, 1.807) is 40.8 Å². The molecule has 0 bridgehead atoms. The van der Waals surface area contributed by atoms with Crippen LogP contribution in [0.5, 0.6) is 0 Å². The number of pyridine rings is 1. The van der Waals surface area contributed by atoms with E-state index < -0.39 is 33.4 Å². The van der Waals surface area contributed by atoms with Crippen LogP contribution in [-0.2, 0) is 21.4 Å². The van der Waals surface area contributed by atoms with Gasteiger partial charge < -0.3 is 13.7 Å². The topological polar surface area (TPSA) is 114 Å². The number of likely N-dealkylation sites (tertiary alicyclic amines) is 1. The van der Waals surface area contributed by atoms with Crippen LogP contribution in [0.25, 0.3) is 17.1 Å². The van der Waals surface area contributed by atoms with E-state index in [4.69, 9.17) is 4.42 Å².